The van der Waals surface area contributed by atoms with Gasteiger partial charge in [-0.2, -0.15) is 0 Å². The number of allylic oxidation sites excluding steroid dienone is 2. The lowest BCUT2D eigenvalue weighted by Gasteiger charge is -2.27. The van der Waals surface area contributed by atoms with Gasteiger partial charge in [-0.05, 0) is 74.8 Å². The minimum absolute atomic E-state index is 0.618. The van der Waals surface area contributed by atoms with Gasteiger partial charge in [-0.1, -0.05) is 64.3 Å². The summed E-state index contributed by atoms with van der Waals surface area (Å²) in [6.07, 6.45) is 11.4. The minimum Gasteiger partial charge on any atom is -0.493 e. The Hall–Kier alpha value is -1.70. The van der Waals surface area contributed by atoms with Crippen molar-refractivity contribution in [3.05, 3.63) is 53.8 Å². The highest BCUT2D eigenvalue weighted by molar-refractivity contribution is 5.43. The van der Waals surface area contributed by atoms with Crippen molar-refractivity contribution < 1.29 is 4.74 Å². The van der Waals surface area contributed by atoms with Crippen LogP contribution < -0.4 is 10.1 Å². The monoisotopic (exact) mass is 387 g/mol. The predicted molar refractivity (Wildman–Crippen MR) is 127 cm³/mol. The fraction of sp³-hybridized carbons (Fsp3) is 0.615. The Kier molecular flexibility index (Phi) is 15.3. The quantitative estimate of drug-likeness (QED) is 0.529. The summed E-state index contributed by atoms with van der Waals surface area (Å²) in [5, 5.41) is 3.13. The fourth-order valence-corrected chi connectivity index (χ4v) is 3.06. The van der Waals surface area contributed by atoms with Gasteiger partial charge in [0.1, 0.15) is 5.75 Å². The number of nitrogens with one attached hydrogen (secondary N) is 1. The first-order valence-electron chi connectivity index (χ1n) is 11.2. The molecule has 1 aromatic carbocycles. The summed E-state index contributed by atoms with van der Waals surface area (Å²) in [4.78, 5) is 0. The molecule has 1 unspecified atom stereocenters. The maximum Gasteiger partial charge on any atom is 0.122 e. The Morgan fingerprint density at radius 1 is 1.14 bits per heavy atom. The molecule has 0 aromatic heterocycles. The van der Waals surface area contributed by atoms with Gasteiger partial charge in [0.15, 0.2) is 0 Å². The van der Waals surface area contributed by atoms with Gasteiger partial charge in [0.05, 0.1) is 6.61 Å². The summed E-state index contributed by atoms with van der Waals surface area (Å²) in [7, 11) is 1.96. The summed E-state index contributed by atoms with van der Waals surface area (Å²) in [5.41, 5.74) is 4.36. The van der Waals surface area contributed by atoms with Crippen LogP contribution in [0, 0.1) is 0 Å². The zero-order valence-electron chi connectivity index (χ0n) is 19.6. The summed E-state index contributed by atoms with van der Waals surface area (Å²) >= 11 is 0. The van der Waals surface area contributed by atoms with Crippen molar-refractivity contribution in [2.45, 2.75) is 91.9 Å². The number of hydrogen-bond acceptors (Lipinski definition) is 2. The number of hydrogen-bond donors (Lipinski definition) is 1. The molecule has 0 amide bonds. The third kappa shape index (κ3) is 10.6. The van der Waals surface area contributed by atoms with Crippen LogP contribution in [0.3, 0.4) is 0 Å². The molecule has 1 heterocycles. The van der Waals surface area contributed by atoms with Crippen molar-refractivity contribution in [3.63, 3.8) is 0 Å². The van der Waals surface area contributed by atoms with E-state index in [4.69, 9.17) is 4.74 Å². The summed E-state index contributed by atoms with van der Waals surface area (Å²) < 4.78 is 5.82. The van der Waals surface area contributed by atoms with Gasteiger partial charge < -0.3 is 10.1 Å². The third-order valence-electron chi connectivity index (χ3n) is 4.21. The molecule has 1 saturated carbocycles. The molecule has 0 bridgehead atoms. The molecule has 1 aliphatic carbocycles. The van der Waals surface area contributed by atoms with Crippen molar-refractivity contribution in [2.24, 2.45) is 0 Å². The maximum atomic E-state index is 5.82. The number of rotatable bonds is 4. The average molecular weight is 388 g/mol. The molecular formula is C26H45NO. The number of fused-ring (bicyclic) bond motifs is 1. The first-order valence-corrected chi connectivity index (χ1v) is 11.2. The lowest BCUT2D eigenvalue weighted by Crippen LogP contribution is -2.15. The second-order valence-electron chi connectivity index (χ2n) is 7.71. The van der Waals surface area contributed by atoms with Crippen molar-refractivity contribution in [1.82, 2.24) is 5.32 Å². The lowest BCUT2D eigenvalue weighted by atomic mass is 9.86. The Balaban J connectivity index is 0.000000695. The van der Waals surface area contributed by atoms with Gasteiger partial charge >= 0.3 is 0 Å². The minimum atomic E-state index is 0.618. The van der Waals surface area contributed by atoms with E-state index in [0.29, 0.717) is 5.92 Å². The zero-order chi connectivity index (χ0) is 21.4. The van der Waals surface area contributed by atoms with Crippen LogP contribution in [-0.2, 0) is 0 Å². The summed E-state index contributed by atoms with van der Waals surface area (Å²) in [6, 6.07) is 6.85. The van der Waals surface area contributed by atoms with E-state index in [0.717, 1.165) is 31.1 Å². The number of benzene rings is 1. The van der Waals surface area contributed by atoms with Gasteiger partial charge in [0, 0.05) is 7.05 Å². The van der Waals surface area contributed by atoms with E-state index in [1.165, 1.54) is 42.4 Å². The van der Waals surface area contributed by atoms with Crippen LogP contribution in [0.4, 0.5) is 0 Å². The molecule has 160 valence electrons. The Labute approximate surface area is 175 Å². The van der Waals surface area contributed by atoms with E-state index in [1.807, 2.05) is 14.0 Å². The first kappa shape index (κ1) is 26.3. The largest absolute Gasteiger partial charge is 0.493 e. The van der Waals surface area contributed by atoms with Crippen LogP contribution >= 0.6 is 0 Å². The normalized spacial score (nSPS) is 17.1. The Morgan fingerprint density at radius 3 is 2.21 bits per heavy atom. The van der Waals surface area contributed by atoms with E-state index in [9.17, 15) is 0 Å². The molecule has 3 rings (SSSR count). The molecule has 1 aromatic rings. The third-order valence-corrected chi connectivity index (χ3v) is 4.21. The SMILES string of the molecule is C=CC.CCC.CCC.CN/C=C(\C)CC1CCOc2ccc(C3CC3)cc21. The zero-order valence-corrected chi connectivity index (χ0v) is 19.6. The summed E-state index contributed by atoms with van der Waals surface area (Å²) in [5.74, 6) is 2.55. The molecule has 2 aliphatic rings. The second-order valence-corrected chi connectivity index (χ2v) is 7.71. The van der Waals surface area contributed by atoms with Crippen molar-refractivity contribution in [3.8, 4) is 5.75 Å². The van der Waals surface area contributed by atoms with Gasteiger partial charge in [-0.15, -0.1) is 6.58 Å². The van der Waals surface area contributed by atoms with Gasteiger partial charge in [-0.3, -0.25) is 0 Å². The van der Waals surface area contributed by atoms with E-state index in [-0.39, 0.29) is 0 Å². The van der Waals surface area contributed by atoms with Crippen molar-refractivity contribution in [1.29, 1.82) is 0 Å². The molecule has 0 radical (unpaired) electrons. The van der Waals surface area contributed by atoms with E-state index < -0.39 is 0 Å². The maximum absolute atomic E-state index is 5.82. The predicted octanol–water partition coefficient (Wildman–Crippen LogP) is 7.97. The van der Waals surface area contributed by atoms with E-state index in [1.54, 1.807) is 6.08 Å². The molecule has 1 atom stereocenters. The second kappa shape index (κ2) is 16.3. The first-order chi connectivity index (χ1) is 13.5. The van der Waals surface area contributed by atoms with Crippen LogP contribution in [0.25, 0.3) is 0 Å². The van der Waals surface area contributed by atoms with Gasteiger partial charge in [0.2, 0.25) is 0 Å². The highest BCUT2D eigenvalue weighted by Crippen LogP contribution is 2.44. The lowest BCUT2D eigenvalue weighted by molar-refractivity contribution is 0.266. The van der Waals surface area contributed by atoms with Crippen molar-refractivity contribution >= 4 is 0 Å². The molecule has 28 heavy (non-hydrogen) atoms. The topological polar surface area (TPSA) is 21.3 Å². The smallest absolute Gasteiger partial charge is 0.122 e. The number of ether oxygens (including phenoxy) is 1. The van der Waals surface area contributed by atoms with Gasteiger partial charge in [-0.25, -0.2) is 0 Å². The molecule has 2 nitrogen and oxygen atoms in total. The van der Waals surface area contributed by atoms with Crippen LogP contribution in [0.2, 0.25) is 0 Å². The standard InChI is InChI=1S/C17H23NO.2C3H8.C3H6/c1-12(11-18-2)9-15-7-8-19-17-6-5-14(10-16(15)17)13-3-4-13;3*1-3-2/h5-6,10-11,13,15,18H,3-4,7-9H2,1-2H3;2*3H2,1-2H3;3H,1H2,2H3/b12-11+;;;. The van der Waals surface area contributed by atoms with Crippen LogP contribution in [0.15, 0.2) is 42.6 Å². The van der Waals surface area contributed by atoms with Crippen LogP contribution in [0.5, 0.6) is 5.75 Å². The molecular weight excluding hydrogens is 342 g/mol. The Morgan fingerprint density at radius 2 is 1.71 bits per heavy atom. The average Bonchev–Trinajstić information content (AvgIpc) is 3.49. The highest BCUT2D eigenvalue weighted by Gasteiger charge is 2.27. The molecule has 1 fully saturated rings. The summed E-state index contributed by atoms with van der Waals surface area (Å²) in [6.45, 7) is 16.8. The van der Waals surface area contributed by atoms with Crippen molar-refractivity contribution in [2.75, 3.05) is 13.7 Å². The highest BCUT2D eigenvalue weighted by atomic mass is 16.5. The molecule has 0 saturated heterocycles. The van der Waals surface area contributed by atoms with Crippen LogP contribution in [-0.4, -0.2) is 13.7 Å². The van der Waals surface area contributed by atoms with E-state index >= 15 is 0 Å². The van der Waals surface area contributed by atoms with Crippen LogP contribution in [0.1, 0.15) is 103 Å². The van der Waals surface area contributed by atoms with E-state index in [2.05, 4.69) is 70.9 Å². The Bertz CT molecular complexity index is 556. The van der Waals surface area contributed by atoms with Gasteiger partial charge in [0.25, 0.3) is 0 Å². The molecule has 0 spiro atoms. The molecule has 2 heteroatoms. The molecule has 1 aliphatic heterocycles. The fourth-order valence-electron chi connectivity index (χ4n) is 3.06. The molecule has 1 N–H and O–H groups in total.